The van der Waals surface area contributed by atoms with E-state index in [-0.39, 0.29) is 23.4 Å². The highest BCUT2D eigenvalue weighted by Gasteiger charge is 2.35. The zero-order valence-electron chi connectivity index (χ0n) is 12.5. The molecule has 1 aliphatic rings. The van der Waals surface area contributed by atoms with Gasteiger partial charge in [0, 0.05) is 13.6 Å². The number of hydrogen-bond donors (Lipinski definition) is 0. The summed E-state index contributed by atoms with van der Waals surface area (Å²) in [6.07, 6.45) is 1.83. The third-order valence-electron chi connectivity index (χ3n) is 4.03. The molecule has 1 aromatic heterocycles. The van der Waals surface area contributed by atoms with Crippen molar-refractivity contribution in [1.82, 2.24) is 9.78 Å². The summed E-state index contributed by atoms with van der Waals surface area (Å²) in [6.45, 7) is 1.55. The molecule has 5 nitrogen and oxygen atoms in total. The largest absolute Gasteiger partial charge is 0.272 e. The number of halogens is 3. The Bertz CT molecular complexity index is 893. The molecule has 0 N–H and O–H groups in total. The lowest BCUT2D eigenvalue weighted by atomic mass is 10.0. The summed E-state index contributed by atoms with van der Waals surface area (Å²) in [5.41, 5.74) is 0.0938. The molecule has 0 aliphatic carbocycles. The number of anilines is 1. The van der Waals surface area contributed by atoms with E-state index in [2.05, 4.69) is 5.10 Å². The minimum Gasteiger partial charge on any atom is -0.272 e. The molecule has 2 heterocycles. The van der Waals surface area contributed by atoms with Crippen molar-refractivity contribution in [2.24, 2.45) is 7.05 Å². The van der Waals surface area contributed by atoms with Gasteiger partial charge in [0.25, 0.3) is 10.0 Å². The maximum Gasteiger partial charge on any atom is 0.267 e. The van der Waals surface area contributed by atoms with Gasteiger partial charge in [0.15, 0.2) is 17.5 Å². The molecule has 0 radical (unpaired) electrons. The van der Waals surface area contributed by atoms with Crippen LogP contribution >= 0.6 is 0 Å². The highest BCUT2D eigenvalue weighted by molar-refractivity contribution is 7.92. The standard InChI is InChI=1S/C14H14F3N3O2S/c1-8-11(7-18-19(8)2)23(21,22)20-5-3-4-9-6-10(15)12(16)13(17)14(9)20/h6-7H,3-5H2,1-2H3. The molecule has 23 heavy (non-hydrogen) atoms. The van der Waals surface area contributed by atoms with Crippen LogP contribution in [0.5, 0.6) is 0 Å². The summed E-state index contributed by atoms with van der Waals surface area (Å²) in [4.78, 5) is -0.0861. The molecule has 1 aromatic carbocycles. The molecule has 0 saturated heterocycles. The average molecular weight is 345 g/mol. The van der Waals surface area contributed by atoms with Crippen LogP contribution in [0.25, 0.3) is 0 Å². The fraction of sp³-hybridized carbons (Fsp3) is 0.357. The number of fused-ring (bicyclic) bond motifs is 1. The van der Waals surface area contributed by atoms with Gasteiger partial charge >= 0.3 is 0 Å². The van der Waals surface area contributed by atoms with E-state index in [1.54, 1.807) is 14.0 Å². The van der Waals surface area contributed by atoms with Crippen LogP contribution in [0.2, 0.25) is 0 Å². The maximum atomic E-state index is 14.2. The second kappa shape index (κ2) is 5.26. The zero-order valence-corrected chi connectivity index (χ0v) is 13.3. The average Bonchev–Trinajstić information content (AvgIpc) is 2.84. The number of nitrogens with zero attached hydrogens (tertiary/aromatic N) is 3. The normalized spacial score (nSPS) is 14.9. The fourth-order valence-corrected chi connectivity index (χ4v) is 4.44. The van der Waals surface area contributed by atoms with Crippen LogP contribution in [0, 0.1) is 24.4 Å². The number of rotatable bonds is 2. The minimum atomic E-state index is -4.12. The topological polar surface area (TPSA) is 55.2 Å². The number of aryl methyl sites for hydroxylation is 2. The Morgan fingerprint density at radius 3 is 2.52 bits per heavy atom. The van der Waals surface area contributed by atoms with Gasteiger partial charge < -0.3 is 0 Å². The van der Waals surface area contributed by atoms with E-state index in [1.165, 1.54) is 4.68 Å². The monoisotopic (exact) mass is 345 g/mol. The lowest BCUT2D eigenvalue weighted by molar-refractivity contribution is 0.443. The molecule has 0 amide bonds. The van der Waals surface area contributed by atoms with E-state index < -0.39 is 33.2 Å². The molecular weight excluding hydrogens is 331 g/mol. The summed E-state index contributed by atoms with van der Waals surface area (Å²) in [7, 11) is -2.54. The lowest BCUT2D eigenvalue weighted by Crippen LogP contribution is -2.37. The first-order valence-corrected chi connectivity index (χ1v) is 8.37. The van der Waals surface area contributed by atoms with Crippen molar-refractivity contribution in [2.45, 2.75) is 24.7 Å². The Balaban J connectivity index is 2.21. The van der Waals surface area contributed by atoms with Crippen molar-refractivity contribution in [3.63, 3.8) is 0 Å². The van der Waals surface area contributed by atoms with Crippen molar-refractivity contribution in [2.75, 3.05) is 10.8 Å². The molecule has 0 fully saturated rings. The molecule has 9 heteroatoms. The minimum absolute atomic E-state index is 0.00827. The summed E-state index contributed by atoms with van der Waals surface area (Å²) < 4.78 is 69.0. The van der Waals surface area contributed by atoms with Crippen molar-refractivity contribution in [3.05, 3.63) is 41.0 Å². The van der Waals surface area contributed by atoms with E-state index in [4.69, 9.17) is 0 Å². The summed E-state index contributed by atoms with van der Waals surface area (Å²) >= 11 is 0. The van der Waals surface area contributed by atoms with E-state index in [9.17, 15) is 21.6 Å². The van der Waals surface area contributed by atoms with Gasteiger partial charge in [0.2, 0.25) is 0 Å². The Morgan fingerprint density at radius 1 is 1.22 bits per heavy atom. The second-order valence-corrected chi connectivity index (χ2v) is 7.22. The Kier molecular flexibility index (Phi) is 3.62. The number of sulfonamides is 1. The summed E-state index contributed by atoms with van der Waals surface area (Å²) in [5.74, 6) is -4.48. The quantitative estimate of drug-likeness (QED) is 0.785. The smallest absolute Gasteiger partial charge is 0.267 e. The van der Waals surface area contributed by atoms with E-state index in [0.717, 1.165) is 16.6 Å². The predicted molar refractivity (Wildman–Crippen MR) is 77.1 cm³/mol. The van der Waals surface area contributed by atoms with Crippen LogP contribution in [0.4, 0.5) is 18.9 Å². The van der Waals surface area contributed by atoms with Gasteiger partial charge in [-0.3, -0.25) is 8.99 Å². The van der Waals surface area contributed by atoms with Gasteiger partial charge in [-0.15, -0.1) is 0 Å². The molecule has 0 spiro atoms. The predicted octanol–water partition coefficient (Wildman–Crippen LogP) is 2.29. The maximum absolute atomic E-state index is 14.2. The first kappa shape index (κ1) is 15.9. The Morgan fingerprint density at radius 2 is 1.91 bits per heavy atom. The fourth-order valence-electron chi connectivity index (χ4n) is 2.71. The van der Waals surface area contributed by atoms with Gasteiger partial charge in [0.05, 0.1) is 17.6 Å². The molecule has 0 bridgehead atoms. The molecule has 3 rings (SSSR count). The van der Waals surface area contributed by atoms with Crippen molar-refractivity contribution in [3.8, 4) is 0 Å². The molecule has 0 atom stereocenters. The molecular formula is C14H14F3N3O2S. The summed E-state index contributed by atoms with van der Waals surface area (Å²) in [6, 6.07) is 0.853. The molecule has 0 unspecified atom stereocenters. The van der Waals surface area contributed by atoms with E-state index in [0.29, 0.717) is 12.1 Å². The van der Waals surface area contributed by atoms with Crippen LogP contribution in [-0.4, -0.2) is 24.7 Å². The van der Waals surface area contributed by atoms with E-state index >= 15 is 0 Å². The molecule has 2 aromatic rings. The van der Waals surface area contributed by atoms with Crippen LogP contribution in [0.3, 0.4) is 0 Å². The van der Waals surface area contributed by atoms with Crippen molar-refractivity contribution >= 4 is 15.7 Å². The highest BCUT2D eigenvalue weighted by Crippen LogP contribution is 2.36. The van der Waals surface area contributed by atoms with Gasteiger partial charge in [-0.1, -0.05) is 0 Å². The summed E-state index contributed by atoms with van der Waals surface area (Å²) in [5, 5.41) is 3.87. The van der Waals surface area contributed by atoms with Crippen LogP contribution < -0.4 is 4.31 Å². The van der Waals surface area contributed by atoms with Crippen LogP contribution in [-0.2, 0) is 23.5 Å². The number of aromatic nitrogens is 2. The van der Waals surface area contributed by atoms with E-state index in [1.807, 2.05) is 0 Å². The number of benzene rings is 1. The molecule has 124 valence electrons. The Labute approximate surface area is 131 Å². The molecule has 1 aliphatic heterocycles. The SMILES string of the molecule is Cc1c(S(=O)(=O)N2CCCc3cc(F)c(F)c(F)c32)cnn1C. The van der Waals surface area contributed by atoms with Gasteiger partial charge in [-0.05, 0) is 31.4 Å². The second-order valence-electron chi connectivity index (χ2n) is 5.39. The first-order valence-electron chi connectivity index (χ1n) is 6.93. The van der Waals surface area contributed by atoms with Gasteiger partial charge in [-0.25, -0.2) is 21.6 Å². The molecule has 0 saturated carbocycles. The van der Waals surface area contributed by atoms with Crippen molar-refractivity contribution < 1.29 is 21.6 Å². The highest BCUT2D eigenvalue weighted by atomic mass is 32.2. The first-order chi connectivity index (χ1) is 10.7. The van der Waals surface area contributed by atoms with Crippen LogP contribution in [0.15, 0.2) is 17.2 Å². The van der Waals surface area contributed by atoms with Gasteiger partial charge in [0.1, 0.15) is 4.90 Å². The van der Waals surface area contributed by atoms with Gasteiger partial charge in [-0.2, -0.15) is 5.10 Å². The van der Waals surface area contributed by atoms with Crippen LogP contribution in [0.1, 0.15) is 17.7 Å². The lowest BCUT2D eigenvalue weighted by Gasteiger charge is -2.30. The third kappa shape index (κ3) is 2.30. The third-order valence-corrected chi connectivity index (χ3v) is 5.93. The number of hydrogen-bond acceptors (Lipinski definition) is 3. The zero-order chi connectivity index (χ0) is 16.9. The van der Waals surface area contributed by atoms with Crippen molar-refractivity contribution in [1.29, 1.82) is 0 Å². The Hall–Kier alpha value is -2.03.